The lowest BCUT2D eigenvalue weighted by molar-refractivity contribution is -0.125. The maximum atomic E-state index is 11.8. The van der Waals surface area contributed by atoms with Gasteiger partial charge in [-0.1, -0.05) is 34.6 Å². The predicted molar refractivity (Wildman–Crippen MR) is 65.9 cm³/mol. The van der Waals surface area contributed by atoms with Gasteiger partial charge in [0.2, 0.25) is 5.91 Å². The minimum absolute atomic E-state index is 0.0409. The third-order valence-corrected chi connectivity index (χ3v) is 2.54. The first-order valence-electron chi connectivity index (χ1n) is 5.85. The van der Waals surface area contributed by atoms with Gasteiger partial charge in [-0.3, -0.25) is 4.79 Å². The zero-order chi connectivity index (χ0) is 12.9. The molecule has 4 nitrogen and oxygen atoms in total. The highest BCUT2D eigenvalue weighted by atomic mass is 16.3. The van der Waals surface area contributed by atoms with E-state index in [2.05, 4.69) is 19.2 Å². The fourth-order valence-corrected chi connectivity index (χ4v) is 1.43. The molecule has 1 unspecified atom stereocenters. The summed E-state index contributed by atoms with van der Waals surface area (Å²) in [5, 5.41) is 11.9. The van der Waals surface area contributed by atoms with Crippen molar-refractivity contribution in [2.45, 2.75) is 53.1 Å². The summed E-state index contributed by atoms with van der Waals surface area (Å²) < 4.78 is 0. The Hall–Kier alpha value is -0.610. The lowest BCUT2D eigenvalue weighted by atomic mass is 9.86. The molecular formula is C12H26N2O2. The van der Waals surface area contributed by atoms with Crippen LogP contribution >= 0.6 is 0 Å². The van der Waals surface area contributed by atoms with Crippen molar-refractivity contribution in [1.82, 2.24) is 5.32 Å². The van der Waals surface area contributed by atoms with Crippen LogP contribution in [-0.4, -0.2) is 29.7 Å². The average molecular weight is 230 g/mol. The number of carbonyl (C=O) groups excluding carboxylic acids is 1. The Labute approximate surface area is 98.6 Å². The molecule has 0 heterocycles. The zero-order valence-electron chi connectivity index (χ0n) is 11.1. The Bertz CT molecular complexity index is 222. The molecule has 0 aliphatic heterocycles. The fourth-order valence-electron chi connectivity index (χ4n) is 1.43. The number of nitrogens with two attached hydrogens (primary N) is 1. The summed E-state index contributed by atoms with van der Waals surface area (Å²) in [4.78, 5) is 11.8. The van der Waals surface area contributed by atoms with Crippen molar-refractivity contribution in [2.75, 3.05) is 6.61 Å². The fraction of sp³-hybridized carbons (Fsp3) is 0.917. The van der Waals surface area contributed by atoms with Gasteiger partial charge in [-0.2, -0.15) is 0 Å². The van der Waals surface area contributed by atoms with Crippen LogP contribution in [0.4, 0.5) is 0 Å². The van der Waals surface area contributed by atoms with Gasteiger partial charge in [0.25, 0.3) is 0 Å². The normalized spacial score (nSPS) is 16.0. The van der Waals surface area contributed by atoms with Gasteiger partial charge in [0.05, 0.1) is 18.7 Å². The second-order valence-corrected chi connectivity index (χ2v) is 5.86. The van der Waals surface area contributed by atoms with Gasteiger partial charge < -0.3 is 16.2 Å². The first-order chi connectivity index (χ1) is 7.18. The summed E-state index contributed by atoms with van der Waals surface area (Å²) in [6.07, 6.45) is 0.763. The molecule has 0 spiro atoms. The molecule has 0 rings (SSSR count). The average Bonchev–Trinajstić information content (AvgIpc) is 2.13. The van der Waals surface area contributed by atoms with Gasteiger partial charge >= 0.3 is 0 Å². The maximum absolute atomic E-state index is 11.8. The van der Waals surface area contributed by atoms with Gasteiger partial charge in [-0.25, -0.2) is 0 Å². The quantitative estimate of drug-likeness (QED) is 0.656. The Balaban J connectivity index is 4.31. The lowest BCUT2D eigenvalue weighted by Crippen LogP contribution is -2.52. The van der Waals surface area contributed by atoms with E-state index in [1.165, 1.54) is 0 Å². The number of carbonyl (C=O) groups is 1. The third-order valence-electron chi connectivity index (χ3n) is 2.54. The molecule has 0 radical (unpaired) electrons. The number of aliphatic hydroxyl groups is 1. The molecule has 16 heavy (non-hydrogen) atoms. The monoisotopic (exact) mass is 230 g/mol. The summed E-state index contributed by atoms with van der Waals surface area (Å²) >= 11 is 0. The number of amides is 1. The second-order valence-electron chi connectivity index (χ2n) is 5.86. The topological polar surface area (TPSA) is 75.3 Å². The molecule has 4 heteroatoms. The van der Waals surface area contributed by atoms with Crippen molar-refractivity contribution in [3.63, 3.8) is 0 Å². The molecular weight excluding hydrogens is 204 g/mol. The van der Waals surface area contributed by atoms with Crippen molar-refractivity contribution < 1.29 is 9.90 Å². The Kier molecular flexibility index (Phi) is 5.97. The van der Waals surface area contributed by atoms with Crippen molar-refractivity contribution in [1.29, 1.82) is 0 Å². The van der Waals surface area contributed by atoms with E-state index in [1.807, 2.05) is 20.8 Å². The SMILES string of the molecule is CC(C)CC(CO)NC(=O)[C@@H](N)C(C)(C)C. The van der Waals surface area contributed by atoms with Crippen LogP contribution < -0.4 is 11.1 Å². The van der Waals surface area contributed by atoms with Gasteiger partial charge in [0.15, 0.2) is 0 Å². The summed E-state index contributed by atoms with van der Waals surface area (Å²) in [7, 11) is 0. The van der Waals surface area contributed by atoms with Crippen molar-refractivity contribution in [3.05, 3.63) is 0 Å². The van der Waals surface area contributed by atoms with E-state index in [0.717, 1.165) is 6.42 Å². The molecule has 0 aromatic heterocycles. The highest BCUT2D eigenvalue weighted by molar-refractivity contribution is 5.82. The van der Waals surface area contributed by atoms with Gasteiger partial charge in [-0.05, 0) is 17.8 Å². The van der Waals surface area contributed by atoms with Gasteiger partial charge in [0, 0.05) is 0 Å². The highest BCUT2D eigenvalue weighted by Gasteiger charge is 2.28. The molecule has 0 bridgehead atoms. The van der Waals surface area contributed by atoms with Gasteiger partial charge in [0.1, 0.15) is 0 Å². The van der Waals surface area contributed by atoms with E-state index in [-0.39, 0.29) is 24.0 Å². The highest BCUT2D eigenvalue weighted by Crippen LogP contribution is 2.17. The van der Waals surface area contributed by atoms with E-state index < -0.39 is 6.04 Å². The van der Waals surface area contributed by atoms with E-state index in [4.69, 9.17) is 10.8 Å². The molecule has 0 aromatic carbocycles. The Morgan fingerprint density at radius 3 is 2.19 bits per heavy atom. The molecule has 0 aliphatic rings. The number of hydrogen-bond donors (Lipinski definition) is 3. The van der Waals surface area contributed by atoms with E-state index in [0.29, 0.717) is 5.92 Å². The number of aliphatic hydroxyl groups excluding tert-OH is 1. The predicted octanol–water partition coefficient (Wildman–Crippen LogP) is 0.883. The van der Waals surface area contributed by atoms with Crippen LogP contribution in [0.5, 0.6) is 0 Å². The van der Waals surface area contributed by atoms with E-state index >= 15 is 0 Å². The van der Waals surface area contributed by atoms with Crippen LogP contribution in [0.15, 0.2) is 0 Å². The van der Waals surface area contributed by atoms with Crippen molar-refractivity contribution in [2.24, 2.45) is 17.1 Å². The molecule has 0 aromatic rings. The van der Waals surface area contributed by atoms with E-state index in [1.54, 1.807) is 0 Å². The molecule has 0 fully saturated rings. The van der Waals surface area contributed by atoms with Crippen molar-refractivity contribution in [3.8, 4) is 0 Å². The first kappa shape index (κ1) is 15.4. The molecule has 0 aliphatic carbocycles. The Morgan fingerprint density at radius 1 is 1.38 bits per heavy atom. The minimum Gasteiger partial charge on any atom is -0.394 e. The Morgan fingerprint density at radius 2 is 1.88 bits per heavy atom. The van der Waals surface area contributed by atoms with Gasteiger partial charge in [-0.15, -0.1) is 0 Å². The summed E-state index contributed by atoms with van der Waals surface area (Å²) in [5.74, 6) is 0.246. The number of rotatable bonds is 5. The zero-order valence-corrected chi connectivity index (χ0v) is 11.1. The summed E-state index contributed by atoms with van der Waals surface area (Å²) in [5.41, 5.74) is 5.57. The molecule has 0 saturated heterocycles. The van der Waals surface area contributed by atoms with Crippen LogP contribution in [0.3, 0.4) is 0 Å². The first-order valence-corrected chi connectivity index (χ1v) is 5.85. The van der Waals surface area contributed by atoms with Crippen LogP contribution in [0, 0.1) is 11.3 Å². The van der Waals surface area contributed by atoms with Crippen molar-refractivity contribution >= 4 is 5.91 Å². The summed E-state index contributed by atoms with van der Waals surface area (Å²) in [6, 6.07) is -0.741. The lowest BCUT2D eigenvalue weighted by Gasteiger charge is -2.28. The van der Waals surface area contributed by atoms with E-state index in [9.17, 15) is 4.79 Å². The smallest absolute Gasteiger partial charge is 0.237 e. The van der Waals surface area contributed by atoms with Crippen LogP contribution in [-0.2, 0) is 4.79 Å². The molecule has 0 saturated carbocycles. The third kappa shape index (κ3) is 5.47. The minimum atomic E-state index is -0.547. The molecule has 1 amide bonds. The van der Waals surface area contributed by atoms with Crippen LogP contribution in [0.25, 0.3) is 0 Å². The molecule has 96 valence electrons. The largest absolute Gasteiger partial charge is 0.394 e. The van der Waals surface area contributed by atoms with Crippen LogP contribution in [0.1, 0.15) is 41.0 Å². The standard InChI is InChI=1S/C12H26N2O2/c1-8(2)6-9(7-15)14-11(16)10(13)12(3,4)5/h8-10,15H,6-7,13H2,1-5H3,(H,14,16)/t9?,10-/m1/s1. The molecule has 2 atom stereocenters. The maximum Gasteiger partial charge on any atom is 0.237 e. The molecule has 4 N–H and O–H groups in total. The number of hydrogen-bond acceptors (Lipinski definition) is 3. The summed E-state index contributed by atoms with van der Waals surface area (Å²) in [6.45, 7) is 9.84. The van der Waals surface area contributed by atoms with Crippen LogP contribution in [0.2, 0.25) is 0 Å². The number of nitrogens with one attached hydrogen (secondary N) is 1. The second kappa shape index (κ2) is 6.21.